The highest BCUT2D eigenvalue weighted by Crippen LogP contribution is 2.27. The molecule has 0 heterocycles. The van der Waals surface area contributed by atoms with E-state index in [0.29, 0.717) is 12.2 Å². The molecule has 0 radical (unpaired) electrons. The van der Waals surface area contributed by atoms with Crippen molar-refractivity contribution in [1.82, 2.24) is 0 Å². The highest BCUT2D eigenvalue weighted by molar-refractivity contribution is 6.32. The SMILES string of the molecule is O=[N+]([O-])c1ccc(NCc2ccc(C(F)F)cc2)cc1Cl. The molecule has 2 rings (SSSR count). The molecule has 0 bridgehead atoms. The van der Waals surface area contributed by atoms with Crippen molar-refractivity contribution in [2.75, 3.05) is 5.32 Å². The smallest absolute Gasteiger partial charge is 0.288 e. The summed E-state index contributed by atoms with van der Waals surface area (Å²) in [5, 5.41) is 13.7. The highest BCUT2D eigenvalue weighted by Gasteiger charge is 2.12. The number of rotatable bonds is 5. The Kier molecular flexibility index (Phi) is 4.70. The Labute approximate surface area is 124 Å². The minimum absolute atomic E-state index is 0.0304. The van der Waals surface area contributed by atoms with Crippen LogP contribution in [0.3, 0.4) is 0 Å². The Bertz CT molecular complexity index is 648. The average molecular weight is 313 g/mol. The summed E-state index contributed by atoms with van der Waals surface area (Å²) in [4.78, 5) is 10.1. The van der Waals surface area contributed by atoms with Gasteiger partial charge in [-0.2, -0.15) is 0 Å². The Morgan fingerprint density at radius 3 is 2.38 bits per heavy atom. The van der Waals surface area contributed by atoms with Crippen molar-refractivity contribution in [2.45, 2.75) is 13.0 Å². The number of benzene rings is 2. The lowest BCUT2D eigenvalue weighted by atomic mass is 10.1. The van der Waals surface area contributed by atoms with Crippen molar-refractivity contribution in [3.05, 3.63) is 68.7 Å². The van der Waals surface area contributed by atoms with Crippen molar-refractivity contribution in [1.29, 1.82) is 0 Å². The molecule has 1 N–H and O–H groups in total. The quantitative estimate of drug-likeness (QED) is 0.637. The van der Waals surface area contributed by atoms with Crippen LogP contribution in [0, 0.1) is 10.1 Å². The van der Waals surface area contributed by atoms with Crippen LogP contribution in [0.1, 0.15) is 17.6 Å². The largest absolute Gasteiger partial charge is 0.381 e. The van der Waals surface area contributed by atoms with E-state index >= 15 is 0 Å². The van der Waals surface area contributed by atoms with Crippen LogP contribution in [0.25, 0.3) is 0 Å². The topological polar surface area (TPSA) is 55.2 Å². The molecule has 2 aromatic carbocycles. The summed E-state index contributed by atoms with van der Waals surface area (Å²) < 4.78 is 24.8. The molecule has 0 fully saturated rings. The molecule has 0 unspecified atom stereocenters. The third kappa shape index (κ3) is 3.88. The van der Waals surface area contributed by atoms with Crippen LogP contribution in [-0.2, 0) is 6.54 Å². The van der Waals surface area contributed by atoms with Crippen LogP contribution in [0.5, 0.6) is 0 Å². The molecular weight excluding hydrogens is 302 g/mol. The number of halogens is 3. The van der Waals surface area contributed by atoms with Crippen molar-refractivity contribution in [3.8, 4) is 0 Å². The first-order chi connectivity index (χ1) is 9.97. The molecule has 4 nitrogen and oxygen atoms in total. The van der Waals surface area contributed by atoms with Gasteiger partial charge in [-0.1, -0.05) is 35.9 Å². The van der Waals surface area contributed by atoms with Crippen LogP contribution in [0.2, 0.25) is 5.02 Å². The number of anilines is 1. The summed E-state index contributed by atoms with van der Waals surface area (Å²) in [5.74, 6) is 0. The van der Waals surface area contributed by atoms with Crippen LogP contribution in [0.15, 0.2) is 42.5 Å². The van der Waals surface area contributed by atoms with E-state index in [0.717, 1.165) is 5.56 Å². The molecule has 0 aliphatic rings. The Hall–Kier alpha value is -2.21. The van der Waals surface area contributed by atoms with E-state index in [2.05, 4.69) is 5.32 Å². The van der Waals surface area contributed by atoms with Crippen LogP contribution in [0.4, 0.5) is 20.2 Å². The predicted octanol–water partition coefficient (Wildman–Crippen LogP) is 4.80. The molecule has 0 aliphatic carbocycles. The number of hydrogen-bond acceptors (Lipinski definition) is 3. The molecule has 0 aromatic heterocycles. The molecule has 0 amide bonds. The molecule has 21 heavy (non-hydrogen) atoms. The van der Waals surface area contributed by atoms with Gasteiger partial charge < -0.3 is 5.32 Å². The van der Waals surface area contributed by atoms with Crippen LogP contribution >= 0.6 is 11.6 Å². The summed E-state index contributed by atoms with van der Waals surface area (Å²) in [6.07, 6.45) is -2.49. The zero-order valence-electron chi connectivity index (χ0n) is 10.7. The molecule has 0 spiro atoms. The molecule has 0 atom stereocenters. The summed E-state index contributed by atoms with van der Waals surface area (Å²) in [6, 6.07) is 10.2. The van der Waals surface area contributed by atoms with E-state index in [9.17, 15) is 18.9 Å². The molecule has 0 aliphatic heterocycles. The van der Waals surface area contributed by atoms with Gasteiger partial charge in [-0.25, -0.2) is 8.78 Å². The van der Waals surface area contributed by atoms with Gasteiger partial charge in [0.25, 0.3) is 12.1 Å². The normalized spacial score (nSPS) is 10.7. The summed E-state index contributed by atoms with van der Waals surface area (Å²) >= 11 is 5.80. The van der Waals surface area contributed by atoms with Gasteiger partial charge in [0.2, 0.25) is 0 Å². The first kappa shape index (κ1) is 15.2. The third-order valence-electron chi connectivity index (χ3n) is 2.87. The third-order valence-corrected chi connectivity index (χ3v) is 3.18. The second-order valence-electron chi connectivity index (χ2n) is 4.32. The van der Waals surface area contributed by atoms with Gasteiger partial charge in [0.1, 0.15) is 5.02 Å². The average Bonchev–Trinajstić information content (AvgIpc) is 2.45. The van der Waals surface area contributed by atoms with Gasteiger partial charge in [0.15, 0.2) is 0 Å². The lowest BCUT2D eigenvalue weighted by Crippen LogP contribution is -2.00. The number of hydrogen-bond donors (Lipinski definition) is 1. The molecule has 0 saturated heterocycles. The van der Waals surface area contributed by atoms with E-state index in [1.807, 2.05) is 0 Å². The van der Waals surface area contributed by atoms with Crippen LogP contribution < -0.4 is 5.32 Å². The monoisotopic (exact) mass is 312 g/mol. The lowest BCUT2D eigenvalue weighted by Gasteiger charge is -2.08. The zero-order valence-corrected chi connectivity index (χ0v) is 11.5. The fourth-order valence-electron chi connectivity index (χ4n) is 1.75. The standard InChI is InChI=1S/C14H11ClF2N2O2/c15-12-7-11(5-6-13(12)19(20)21)18-8-9-1-3-10(4-2-9)14(16)17/h1-7,14,18H,8H2. The number of nitro benzene ring substituents is 1. The fraction of sp³-hybridized carbons (Fsp3) is 0.143. The van der Waals surface area contributed by atoms with Crippen molar-refractivity contribution in [2.24, 2.45) is 0 Å². The highest BCUT2D eigenvalue weighted by atomic mass is 35.5. The second-order valence-corrected chi connectivity index (χ2v) is 4.73. The lowest BCUT2D eigenvalue weighted by molar-refractivity contribution is -0.384. The van der Waals surface area contributed by atoms with Crippen molar-refractivity contribution >= 4 is 23.0 Å². The summed E-state index contributed by atoms with van der Waals surface area (Å²) in [7, 11) is 0. The molecule has 7 heteroatoms. The van der Waals surface area contributed by atoms with Crippen molar-refractivity contribution in [3.63, 3.8) is 0 Å². The van der Waals surface area contributed by atoms with E-state index in [1.54, 1.807) is 12.1 Å². The maximum Gasteiger partial charge on any atom is 0.288 e. The van der Waals surface area contributed by atoms with Gasteiger partial charge in [-0.3, -0.25) is 10.1 Å². The molecule has 0 saturated carbocycles. The van der Waals surface area contributed by atoms with Crippen molar-refractivity contribution < 1.29 is 13.7 Å². The van der Waals surface area contributed by atoms with Gasteiger partial charge in [-0.15, -0.1) is 0 Å². The number of nitro groups is 1. The van der Waals surface area contributed by atoms with E-state index < -0.39 is 11.3 Å². The minimum atomic E-state index is -2.49. The number of nitrogens with one attached hydrogen (secondary N) is 1. The van der Waals surface area contributed by atoms with Gasteiger partial charge in [0, 0.05) is 23.9 Å². The maximum absolute atomic E-state index is 12.4. The number of alkyl halides is 2. The first-order valence-corrected chi connectivity index (χ1v) is 6.40. The maximum atomic E-state index is 12.4. The second kappa shape index (κ2) is 6.49. The van der Waals surface area contributed by atoms with Crippen LogP contribution in [-0.4, -0.2) is 4.92 Å². The van der Waals surface area contributed by atoms with Gasteiger partial charge in [0.05, 0.1) is 4.92 Å². The molecular formula is C14H11ClF2N2O2. The molecule has 110 valence electrons. The first-order valence-electron chi connectivity index (χ1n) is 6.02. The predicted molar refractivity (Wildman–Crippen MR) is 76.8 cm³/mol. The fourth-order valence-corrected chi connectivity index (χ4v) is 2.00. The van der Waals surface area contributed by atoms with E-state index in [1.165, 1.54) is 30.3 Å². The zero-order chi connectivity index (χ0) is 15.4. The summed E-state index contributed by atoms with van der Waals surface area (Å²) in [6.45, 7) is 0.400. The Morgan fingerprint density at radius 2 is 1.86 bits per heavy atom. The Morgan fingerprint density at radius 1 is 1.19 bits per heavy atom. The minimum Gasteiger partial charge on any atom is -0.381 e. The van der Waals surface area contributed by atoms with E-state index in [-0.39, 0.29) is 16.3 Å². The van der Waals surface area contributed by atoms with E-state index in [4.69, 9.17) is 11.6 Å². The van der Waals surface area contributed by atoms with Gasteiger partial charge >= 0.3 is 0 Å². The number of nitrogens with zero attached hydrogens (tertiary/aromatic N) is 1. The Balaban J connectivity index is 2.03. The van der Waals surface area contributed by atoms with Gasteiger partial charge in [-0.05, 0) is 17.7 Å². The molecule has 2 aromatic rings. The summed E-state index contributed by atoms with van der Waals surface area (Å²) in [5.41, 5.74) is 1.23.